The quantitative estimate of drug-likeness (QED) is 0.654. The van der Waals surface area contributed by atoms with Crippen molar-refractivity contribution in [2.75, 3.05) is 44.2 Å². The van der Waals surface area contributed by atoms with E-state index in [4.69, 9.17) is 21.8 Å². The van der Waals surface area contributed by atoms with Crippen LogP contribution in [0.5, 0.6) is 0 Å². The van der Waals surface area contributed by atoms with Crippen LogP contribution < -0.4 is 4.90 Å². The fourth-order valence-electron chi connectivity index (χ4n) is 4.18. The first-order valence-corrected chi connectivity index (χ1v) is 10.4. The Labute approximate surface area is 180 Å². The van der Waals surface area contributed by atoms with E-state index >= 15 is 0 Å². The van der Waals surface area contributed by atoms with E-state index in [1.165, 1.54) is 12.8 Å². The van der Waals surface area contributed by atoms with Gasteiger partial charge in [-0.25, -0.2) is 4.68 Å². The second-order valence-electron chi connectivity index (χ2n) is 8.18. The lowest BCUT2D eigenvalue weighted by Gasteiger charge is -2.50. The molecular weight excluding hydrogens is 388 g/mol. The van der Waals surface area contributed by atoms with Crippen molar-refractivity contribution in [2.45, 2.75) is 31.3 Å². The van der Waals surface area contributed by atoms with Gasteiger partial charge in [-0.3, -0.25) is 9.58 Å². The van der Waals surface area contributed by atoms with E-state index < -0.39 is 18.7 Å². The third kappa shape index (κ3) is 2.95. The van der Waals surface area contributed by atoms with E-state index in [0.29, 0.717) is 37.2 Å². The summed E-state index contributed by atoms with van der Waals surface area (Å²) in [7, 11) is 0. The number of aromatic nitrogens is 4. The number of rotatable bonds is 4. The molecule has 7 nitrogen and oxygen atoms in total. The average molecular weight is 417 g/mol. The molecule has 2 aromatic heterocycles. The van der Waals surface area contributed by atoms with Gasteiger partial charge in [-0.05, 0) is 31.9 Å². The highest BCUT2D eigenvalue weighted by Crippen LogP contribution is 2.36. The molecule has 0 amide bonds. The highest BCUT2D eigenvalue weighted by molar-refractivity contribution is 6.34. The fourth-order valence-corrected chi connectivity index (χ4v) is 4.47. The van der Waals surface area contributed by atoms with Crippen LogP contribution in [0.15, 0.2) is 30.7 Å². The van der Waals surface area contributed by atoms with Gasteiger partial charge in [-0.1, -0.05) is 11.6 Å². The number of hydrogen-bond donors (Lipinski definition) is 0. The van der Waals surface area contributed by atoms with Crippen LogP contribution in [0.2, 0.25) is 5.02 Å². The highest BCUT2D eigenvalue weighted by Gasteiger charge is 2.40. The number of piperazine rings is 1. The largest absolute Gasteiger partial charge is 0.377 e. The Morgan fingerprint density at radius 3 is 2.66 bits per heavy atom. The van der Waals surface area contributed by atoms with Crippen LogP contribution in [0.3, 0.4) is 0 Å². The van der Waals surface area contributed by atoms with E-state index in [1.54, 1.807) is 13.1 Å². The Balaban J connectivity index is 1.26. The first kappa shape index (κ1) is 14.0. The summed E-state index contributed by atoms with van der Waals surface area (Å²) in [5.41, 5.74) is 1.41. The van der Waals surface area contributed by atoms with Crippen molar-refractivity contribution < 1.29 is 10.2 Å². The van der Waals surface area contributed by atoms with Crippen LogP contribution >= 0.6 is 11.6 Å². The molecule has 0 atom stereocenters. The van der Waals surface area contributed by atoms with Crippen LogP contribution in [0.1, 0.15) is 31.3 Å². The van der Waals surface area contributed by atoms with E-state index in [1.807, 2.05) is 38.8 Å². The van der Waals surface area contributed by atoms with E-state index in [-0.39, 0.29) is 0 Å². The molecule has 0 radical (unpaired) electrons. The van der Waals surface area contributed by atoms with Crippen molar-refractivity contribution in [1.29, 1.82) is 0 Å². The molecule has 0 unspecified atom stereocenters. The minimum absolute atomic E-state index is 0.501. The molecule has 152 valence electrons. The summed E-state index contributed by atoms with van der Waals surface area (Å²) in [5.74, 6) is 0. The van der Waals surface area contributed by atoms with Crippen molar-refractivity contribution in [1.82, 2.24) is 24.5 Å². The molecule has 1 aromatic carbocycles. The molecule has 0 spiro atoms. The van der Waals surface area contributed by atoms with Crippen LogP contribution in [0, 0.1) is 0 Å². The Kier molecular flexibility index (Phi) is 3.12. The maximum Gasteiger partial charge on any atom is 0.103 e. The van der Waals surface area contributed by atoms with Gasteiger partial charge in [0.2, 0.25) is 0 Å². The lowest BCUT2D eigenvalue weighted by molar-refractivity contribution is -0.131. The van der Waals surface area contributed by atoms with E-state index in [9.17, 15) is 0 Å². The second-order valence-corrected chi connectivity index (χ2v) is 8.59. The minimum atomic E-state index is -2.04. The molecule has 1 saturated carbocycles. The molecule has 3 fully saturated rings. The number of hydrogen-bond acceptors (Lipinski definition) is 5. The van der Waals surface area contributed by atoms with Crippen molar-refractivity contribution in [2.24, 2.45) is 0 Å². The molecule has 0 bridgehead atoms. The van der Waals surface area contributed by atoms with Crippen LogP contribution in [-0.2, 0) is 4.74 Å². The summed E-state index contributed by atoms with van der Waals surface area (Å²) < 4.78 is 41.1. The number of anilines is 1. The first-order chi connectivity index (χ1) is 15.6. The molecule has 8 heteroatoms. The molecular formula is C21H25ClN6O. The zero-order valence-corrected chi connectivity index (χ0v) is 16.9. The lowest BCUT2D eigenvalue weighted by atomic mass is 9.97. The molecule has 2 saturated heterocycles. The van der Waals surface area contributed by atoms with Gasteiger partial charge in [0.1, 0.15) is 5.69 Å². The maximum absolute atomic E-state index is 8.08. The van der Waals surface area contributed by atoms with Gasteiger partial charge in [0.25, 0.3) is 0 Å². The SMILES string of the molecule is [2H]C1([2H])OC([2H])([2H])C1(C)N1CCN(c2cc3c(cnn3-c3cnn(C4CC4)c3)cc2Cl)CC1. The summed E-state index contributed by atoms with van der Waals surface area (Å²) in [6.45, 7) is -0.270. The Morgan fingerprint density at radius 2 is 1.93 bits per heavy atom. The molecule has 0 N–H and O–H groups in total. The van der Waals surface area contributed by atoms with Gasteiger partial charge in [-0.15, -0.1) is 0 Å². The minimum Gasteiger partial charge on any atom is -0.377 e. The second kappa shape index (κ2) is 6.45. The fraction of sp³-hybridized carbons (Fsp3) is 0.524. The molecule has 2 aliphatic heterocycles. The number of ether oxygens (including phenoxy) is 1. The van der Waals surface area contributed by atoms with Gasteiger partial charge in [0.15, 0.2) is 0 Å². The van der Waals surface area contributed by atoms with Crippen molar-refractivity contribution >= 4 is 28.2 Å². The Bertz CT molecular complexity index is 1220. The third-order valence-electron chi connectivity index (χ3n) is 6.14. The molecule has 1 aliphatic carbocycles. The lowest BCUT2D eigenvalue weighted by Crippen LogP contribution is -2.64. The van der Waals surface area contributed by atoms with E-state index in [2.05, 4.69) is 15.1 Å². The Morgan fingerprint density at radius 1 is 1.14 bits per heavy atom. The highest BCUT2D eigenvalue weighted by atomic mass is 35.5. The van der Waals surface area contributed by atoms with Gasteiger partial charge < -0.3 is 9.64 Å². The Hall–Kier alpha value is -2.09. The standard InChI is InChI=1S/C21H25ClN6O/c1-21(13-29-14-21)26-6-4-25(5-7-26)20-9-19-15(8-18(20)22)10-24-28(19)17-11-23-27(12-17)16-2-3-16/h8-12,16H,2-7,13-14H2,1H3/i13D2,14D2. The smallest absolute Gasteiger partial charge is 0.103 e. The van der Waals surface area contributed by atoms with Gasteiger partial charge in [0.05, 0.1) is 65.0 Å². The van der Waals surface area contributed by atoms with Crippen LogP contribution in [0.4, 0.5) is 5.69 Å². The molecule has 29 heavy (non-hydrogen) atoms. The first-order valence-electron chi connectivity index (χ1n) is 12.0. The predicted octanol–water partition coefficient (Wildman–Crippen LogP) is 3.12. The van der Waals surface area contributed by atoms with Gasteiger partial charge in [-0.2, -0.15) is 10.2 Å². The zero-order valence-electron chi connectivity index (χ0n) is 20.2. The maximum atomic E-state index is 8.08. The van der Waals surface area contributed by atoms with Gasteiger partial charge in [0, 0.05) is 31.6 Å². The van der Waals surface area contributed by atoms with Crippen LogP contribution in [-0.4, -0.2) is 69.3 Å². The van der Waals surface area contributed by atoms with E-state index in [0.717, 1.165) is 22.3 Å². The average Bonchev–Trinajstić information content (AvgIpc) is 3.36. The van der Waals surface area contributed by atoms with Crippen molar-refractivity contribution in [3.05, 3.63) is 35.7 Å². The number of fused-ring (bicyclic) bond motifs is 1. The predicted molar refractivity (Wildman–Crippen MR) is 113 cm³/mol. The number of benzene rings is 1. The van der Waals surface area contributed by atoms with Crippen molar-refractivity contribution in [3.63, 3.8) is 0 Å². The molecule has 4 heterocycles. The summed E-state index contributed by atoms with van der Waals surface area (Å²) in [6, 6.07) is 4.47. The normalized spacial score (nSPS) is 27.7. The third-order valence-corrected chi connectivity index (χ3v) is 6.45. The van der Waals surface area contributed by atoms with Crippen molar-refractivity contribution in [3.8, 4) is 5.69 Å². The molecule has 3 aliphatic rings. The monoisotopic (exact) mass is 416 g/mol. The zero-order chi connectivity index (χ0) is 23.2. The number of halogens is 1. The summed E-state index contributed by atoms with van der Waals surface area (Å²) in [5, 5.41) is 10.6. The van der Waals surface area contributed by atoms with Crippen LogP contribution in [0.25, 0.3) is 16.6 Å². The summed E-state index contributed by atoms with van der Waals surface area (Å²) in [4.78, 5) is 4.02. The summed E-state index contributed by atoms with van der Waals surface area (Å²) >= 11 is 6.65. The molecule has 3 aromatic rings. The molecule has 6 rings (SSSR count). The number of nitrogens with zero attached hydrogens (tertiary/aromatic N) is 6. The summed E-state index contributed by atoms with van der Waals surface area (Å²) in [6.07, 6.45) is 8.00. The van der Waals surface area contributed by atoms with Gasteiger partial charge >= 0.3 is 0 Å². The topological polar surface area (TPSA) is 51.4 Å².